The maximum atomic E-state index is 16.5. The summed E-state index contributed by atoms with van der Waals surface area (Å²) in [6.45, 7) is 3.95. The van der Waals surface area contributed by atoms with E-state index in [0.717, 1.165) is 38.4 Å². The van der Waals surface area contributed by atoms with Crippen LogP contribution in [0.4, 0.5) is 28.0 Å². The van der Waals surface area contributed by atoms with Crippen LogP contribution in [0.3, 0.4) is 0 Å². The van der Waals surface area contributed by atoms with Crippen molar-refractivity contribution in [2.45, 2.75) is 37.6 Å². The number of piperidine rings is 1. The normalized spacial score (nSPS) is 14.0. The van der Waals surface area contributed by atoms with Crippen molar-refractivity contribution in [3.05, 3.63) is 84.3 Å². The molecule has 2 aromatic carbocycles. The van der Waals surface area contributed by atoms with Gasteiger partial charge in [-0.25, -0.2) is 30.8 Å². The first-order chi connectivity index (χ1) is 21.1. The molecular formula is C30H29F4N5O4S. The number of carbonyl (C=O) groups excluding carboxylic acids is 1. The van der Waals surface area contributed by atoms with E-state index in [0.29, 0.717) is 48.5 Å². The minimum atomic E-state index is -5.30. The molecule has 0 bridgehead atoms. The van der Waals surface area contributed by atoms with Crippen LogP contribution in [-0.4, -0.2) is 60.4 Å². The van der Waals surface area contributed by atoms with Crippen molar-refractivity contribution >= 4 is 21.8 Å². The Kier molecular flexibility index (Phi) is 9.30. The highest BCUT2D eigenvalue weighted by atomic mass is 32.2. The molecule has 44 heavy (non-hydrogen) atoms. The molecule has 1 saturated heterocycles. The number of halogens is 4. The van der Waals surface area contributed by atoms with Gasteiger partial charge in [-0.2, -0.15) is 9.40 Å². The summed E-state index contributed by atoms with van der Waals surface area (Å²) in [4.78, 5) is 18.0. The van der Waals surface area contributed by atoms with Crippen LogP contribution in [0.15, 0.2) is 66.0 Å². The lowest BCUT2D eigenvalue weighted by Gasteiger charge is -2.26. The summed E-state index contributed by atoms with van der Waals surface area (Å²) >= 11 is 0. The molecule has 14 heteroatoms. The van der Waals surface area contributed by atoms with E-state index in [1.165, 1.54) is 19.3 Å². The fourth-order valence-electron chi connectivity index (χ4n) is 5.09. The third-order valence-corrected chi connectivity index (χ3v) is 8.91. The van der Waals surface area contributed by atoms with Gasteiger partial charge in [0.15, 0.2) is 5.82 Å². The quantitative estimate of drug-likeness (QED) is 0.209. The lowest BCUT2D eigenvalue weighted by atomic mass is 10.0. The van der Waals surface area contributed by atoms with Gasteiger partial charge >= 0.3 is 6.09 Å². The van der Waals surface area contributed by atoms with Crippen molar-refractivity contribution in [1.82, 2.24) is 19.7 Å². The Balaban J connectivity index is 1.65. The molecule has 9 nitrogen and oxygen atoms in total. The summed E-state index contributed by atoms with van der Waals surface area (Å²) < 4.78 is 94.1. The second-order valence-corrected chi connectivity index (χ2v) is 11.8. The van der Waals surface area contributed by atoms with Crippen molar-refractivity contribution in [1.29, 1.82) is 0 Å². The zero-order valence-electron chi connectivity index (χ0n) is 23.7. The molecular weight excluding hydrogens is 602 g/mol. The van der Waals surface area contributed by atoms with Gasteiger partial charge in [-0.3, -0.25) is 9.67 Å². The highest BCUT2D eigenvalue weighted by Crippen LogP contribution is 2.39. The van der Waals surface area contributed by atoms with Gasteiger partial charge in [0.2, 0.25) is 0 Å². The monoisotopic (exact) mass is 631 g/mol. The van der Waals surface area contributed by atoms with Crippen LogP contribution in [0.2, 0.25) is 0 Å². The molecule has 0 N–H and O–H groups in total. The number of carbonyl (C=O) groups is 1. The van der Waals surface area contributed by atoms with E-state index < -0.39 is 55.5 Å². The Bertz CT molecular complexity index is 1760. The van der Waals surface area contributed by atoms with Gasteiger partial charge in [-0.05, 0) is 80.9 Å². The summed E-state index contributed by atoms with van der Waals surface area (Å²) in [6, 6.07) is 6.30. The van der Waals surface area contributed by atoms with Gasteiger partial charge in [-0.1, -0.05) is 6.42 Å². The molecule has 0 radical (unpaired) electrons. The van der Waals surface area contributed by atoms with Crippen LogP contribution in [0.5, 0.6) is 0 Å². The largest absolute Gasteiger partial charge is 0.449 e. The van der Waals surface area contributed by atoms with Crippen molar-refractivity contribution in [2.75, 3.05) is 30.5 Å². The molecule has 3 heterocycles. The van der Waals surface area contributed by atoms with Crippen molar-refractivity contribution in [3.8, 4) is 22.4 Å². The number of rotatable bonds is 9. The molecule has 232 valence electrons. The molecule has 1 aliphatic rings. The number of likely N-dealkylation sites (tertiary alicyclic amines) is 1. The number of anilines is 1. The predicted molar refractivity (Wildman–Crippen MR) is 154 cm³/mol. The van der Waals surface area contributed by atoms with E-state index in [-0.39, 0.29) is 16.6 Å². The summed E-state index contributed by atoms with van der Waals surface area (Å²) in [5.74, 6) is -5.09. The van der Waals surface area contributed by atoms with E-state index in [2.05, 4.69) is 15.0 Å². The number of nitrogens with zero attached hydrogens (tertiary/aromatic N) is 5. The van der Waals surface area contributed by atoms with Crippen LogP contribution in [-0.2, 0) is 21.3 Å². The van der Waals surface area contributed by atoms with Gasteiger partial charge in [0.05, 0.1) is 18.7 Å². The van der Waals surface area contributed by atoms with E-state index in [1.807, 2.05) is 0 Å². The highest BCUT2D eigenvalue weighted by Gasteiger charge is 2.38. The lowest BCUT2D eigenvalue weighted by Crippen LogP contribution is -2.38. The van der Waals surface area contributed by atoms with Crippen LogP contribution >= 0.6 is 0 Å². The fourth-order valence-corrected chi connectivity index (χ4v) is 6.51. The average Bonchev–Trinajstić information content (AvgIpc) is 3.43. The van der Waals surface area contributed by atoms with Gasteiger partial charge in [-0.15, -0.1) is 0 Å². The summed E-state index contributed by atoms with van der Waals surface area (Å²) in [7, 11) is -5.30. The zero-order valence-corrected chi connectivity index (χ0v) is 24.5. The van der Waals surface area contributed by atoms with Crippen LogP contribution in [0.25, 0.3) is 22.4 Å². The SMILES string of the molecule is CCOC(=O)N(c1ccc(F)c(-c2nn(CCN3CCCCC3)cc2-c2ccncc2)c1F)S(=O)(=O)c1cc(F)ccc1F. The smallest absolute Gasteiger partial charge is 0.428 e. The Morgan fingerprint density at radius 1 is 0.955 bits per heavy atom. The lowest BCUT2D eigenvalue weighted by molar-refractivity contribution is 0.164. The first-order valence-electron chi connectivity index (χ1n) is 14.0. The van der Waals surface area contributed by atoms with E-state index >= 15 is 8.78 Å². The van der Waals surface area contributed by atoms with Crippen molar-refractivity contribution < 1.29 is 35.5 Å². The van der Waals surface area contributed by atoms with Crippen LogP contribution in [0, 0.1) is 23.3 Å². The van der Waals surface area contributed by atoms with Gasteiger partial charge in [0.1, 0.15) is 33.7 Å². The molecule has 1 fully saturated rings. The first-order valence-corrected chi connectivity index (χ1v) is 15.4. The maximum Gasteiger partial charge on any atom is 0.428 e. The van der Waals surface area contributed by atoms with Crippen LogP contribution in [0.1, 0.15) is 26.2 Å². The number of hydrogen-bond acceptors (Lipinski definition) is 7. The van der Waals surface area contributed by atoms with Crippen molar-refractivity contribution in [3.63, 3.8) is 0 Å². The van der Waals surface area contributed by atoms with Gasteiger partial charge in [0, 0.05) is 30.7 Å². The number of pyridine rings is 1. The topological polar surface area (TPSA) is 97.6 Å². The van der Waals surface area contributed by atoms with Crippen molar-refractivity contribution in [2.24, 2.45) is 0 Å². The number of aromatic nitrogens is 3. The number of benzene rings is 2. The third-order valence-electron chi connectivity index (χ3n) is 7.22. The minimum Gasteiger partial charge on any atom is -0.449 e. The Morgan fingerprint density at radius 2 is 1.66 bits per heavy atom. The molecule has 2 aromatic heterocycles. The number of sulfonamides is 1. The first kappa shape index (κ1) is 31.1. The molecule has 4 aromatic rings. The maximum absolute atomic E-state index is 16.5. The van der Waals surface area contributed by atoms with E-state index in [9.17, 15) is 22.0 Å². The summed E-state index contributed by atoms with van der Waals surface area (Å²) in [5.41, 5.74) is -1.00. The Hall–Kier alpha value is -4.30. The molecule has 1 aliphatic heterocycles. The number of amides is 1. The minimum absolute atomic E-state index is 0.147. The van der Waals surface area contributed by atoms with Gasteiger partial charge in [0.25, 0.3) is 10.0 Å². The summed E-state index contributed by atoms with van der Waals surface area (Å²) in [5, 5.41) is 4.49. The average molecular weight is 632 g/mol. The fraction of sp³-hybridized carbons (Fsp3) is 0.300. The molecule has 0 unspecified atom stereocenters. The Labute approximate surface area is 251 Å². The Morgan fingerprint density at radius 3 is 2.36 bits per heavy atom. The predicted octanol–water partition coefficient (Wildman–Crippen LogP) is 6.01. The zero-order chi connectivity index (χ0) is 31.4. The highest BCUT2D eigenvalue weighted by molar-refractivity contribution is 7.93. The molecule has 5 rings (SSSR count). The standard InChI is InChI=1S/C30H29F4N5O4S/c1-2-43-30(40)39(44(41,42)26-18-21(31)6-7-23(26)32)25-9-8-24(33)27(28(25)34)29-22(20-10-12-35-13-11-20)19-38(36-29)17-16-37-14-4-3-5-15-37/h6-13,18-19H,2-5,14-17H2,1H3. The molecule has 0 spiro atoms. The number of hydrogen-bond donors (Lipinski definition) is 0. The molecule has 0 saturated carbocycles. The molecule has 0 aliphatic carbocycles. The molecule has 1 amide bonds. The summed E-state index contributed by atoms with van der Waals surface area (Å²) in [6.07, 6.45) is 6.33. The van der Waals surface area contributed by atoms with Gasteiger partial charge < -0.3 is 9.64 Å². The second-order valence-electron chi connectivity index (χ2n) is 10.1. The van der Waals surface area contributed by atoms with Crippen LogP contribution < -0.4 is 4.31 Å². The van der Waals surface area contributed by atoms with E-state index in [1.54, 1.807) is 23.0 Å². The third kappa shape index (κ3) is 6.31. The number of ether oxygens (including phenoxy) is 1. The van der Waals surface area contributed by atoms with E-state index in [4.69, 9.17) is 4.74 Å². The second kappa shape index (κ2) is 13.1. The molecule has 0 atom stereocenters.